The van der Waals surface area contributed by atoms with Gasteiger partial charge in [-0.2, -0.15) is 0 Å². The van der Waals surface area contributed by atoms with Gasteiger partial charge in [-0.05, 0) is 46.9 Å². The highest BCUT2D eigenvalue weighted by Crippen LogP contribution is 2.25. The molecule has 2 aromatic rings. The van der Waals surface area contributed by atoms with Gasteiger partial charge in [0.05, 0.1) is 7.11 Å². The first-order valence-corrected chi connectivity index (χ1v) is 6.80. The maximum absolute atomic E-state index is 5.16. The summed E-state index contributed by atoms with van der Waals surface area (Å²) >= 11 is 4.00. The lowest BCUT2D eigenvalue weighted by molar-refractivity contribution is 0.427. The summed E-state index contributed by atoms with van der Waals surface area (Å²) in [7, 11) is 1.70. The van der Waals surface area contributed by atoms with Crippen molar-refractivity contribution in [1.29, 1.82) is 0 Å². The molecule has 0 unspecified atom stereocenters. The van der Waals surface area contributed by atoms with Gasteiger partial charge in [-0.1, -0.05) is 12.1 Å². The summed E-state index contributed by atoms with van der Waals surface area (Å²) in [6.45, 7) is 0.841. The van der Waals surface area contributed by atoms with Crippen molar-refractivity contribution in [2.24, 2.45) is 0 Å². The van der Waals surface area contributed by atoms with Crippen molar-refractivity contribution in [1.82, 2.24) is 0 Å². The third kappa shape index (κ3) is 2.89. The molecule has 0 atom stereocenters. The van der Waals surface area contributed by atoms with E-state index >= 15 is 0 Å². The zero-order valence-electron chi connectivity index (χ0n) is 8.87. The Hall–Kier alpha value is -0.750. The van der Waals surface area contributed by atoms with E-state index in [0.29, 0.717) is 0 Å². The standard InChI is InChI=1S/C12H12INOS/c1-15-12-7-6-9(16-12)8-14-11-5-3-2-4-10(11)13/h2-7,14H,8H2,1H3. The van der Waals surface area contributed by atoms with Crippen molar-refractivity contribution < 1.29 is 4.74 Å². The van der Waals surface area contributed by atoms with E-state index in [1.54, 1.807) is 18.4 Å². The number of anilines is 1. The number of methoxy groups -OCH3 is 1. The number of benzene rings is 1. The van der Waals surface area contributed by atoms with Crippen LogP contribution in [0.3, 0.4) is 0 Å². The molecule has 2 rings (SSSR count). The number of rotatable bonds is 4. The van der Waals surface area contributed by atoms with E-state index in [9.17, 15) is 0 Å². The monoisotopic (exact) mass is 345 g/mol. The molecule has 1 heterocycles. The molecule has 0 aliphatic carbocycles. The maximum Gasteiger partial charge on any atom is 0.173 e. The van der Waals surface area contributed by atoms with Crippen LogP contribution in [0, 0.1) is 3.57 Å². The average molecular weight is 345 g/mol. The molecule has 2 nitrogen and oxygen atoms in total. The molecule has 0 aliphatic heterocycles. The van der Waals surface area contributed by atoms with Crippen molar-refractivity contribution in [3.05, 3.63) is 44.8 Å². The van der Waals surface area contributed by atoms with Crippen molar-refractivity contribution in [3.63, 3.8) is 0 Å². The first-order valence-electron chi connectivity index (χ1n) is 4.90. The Morgan fingerprint density at radius 3 is 2.75 bits per heavy atom. The van der Waals surface area contributed by atoms with Gasteiger partial charge in [0.25, 0.3) is 0 Å². The molecule has 16 heavy (non-hydrogen) atoms. The van der Waals surface area contributed by atoms with Gasteiger partial charge in [0.2, 0.25) is 0 Å². The summed E-state index contributed by atoms with van der Waals surface area (Å²) in [4.78, 5) is 1.27. The van der Waals surface area contributed by atoms with E-state index in [1.807, 2.05) is 18.2 Å². The summed E-state index contributed by atoms with van der Waals surface area (Å²) in [5, 5.41) is 4.37. The van der Waals surface area contributed by atoms with E-state index in [0.717, 1.165) is 11.6 Å². The SMILES string of the molecule is COc1ccc(CNc2ccccc2I)s1. The van der Waals surface area contributed by atoms with Gasteiger partial charge in [-0.25, -0.2) is 0 Å². The molecule has 4 heteroatoms. The van der Waals surface area contributed by atoms with Gasteiger partial charge in [-0.3, -0.25) is 0 Å². The Bertz CT molecular complexity index is 470. The van der Waals surface area contributed by atoms with Crippen LogP contribution in [0.15, 0.2) is 36.4 Å². The molecule has 0 aliphatic rings. The van der Waals surface area contributed by atoms with Crippen LogP contribution in [0.5, 0.6) is 5.06 Å². The maximum atomic E-state index is 5.16. The fraction of sp³-hybridized carbons (Fsp3) is 0.167. The Morgan fingerprint density at radius 1 is 1.25 bits per heavy atom. The minimum atomic E-state index is 0.841. The van der Waals surface area contributed by atoms with E-state index in [-0.39, 0.29) is 0 Å². The summed E-state index contributed by atoms with van der Waals surface area (Å²) in [6, 6.07) is 12.4. The third-order valence-corrected chi connectivity index (χ3v) is 4.15. The van der Waals surface area contributed by atoms with Crippen LogP contribution in [0.2, 0.25) is 0 Å². The predicted octanol–water partition coefficient (Wildman–Crippen LogP) is 3.97. The van der Waals surface area contributed by atoms with Gasteiger partial charge in [0, 0.05) is 20.7 Å². The highest BCUT2D eigenvalue weighted by atomic mass is 127. The summed E-state index contributed by atoms with van der Waals surface area (Å²) in [5.41, 5.74) is 1.18. The molecule has 0 radical (unpaired) electrons. The average Bonchev–Trinajstić information content (AvgIpc) is 2.76. The topological polar surface area (TPSA) is 21.3 Å². The quantitative estimate of drug-likeness (QED) is 0.847. The van der Waals surface area contributed by atoms with Gasteiger partial charge in [0.15, 0.2) is 5.06 Å². The molecule has 0 fully saturated rings. The Morgan fingerprint density at radius 2 is 2.06 bits per heavy atom. The number of ether oxygens (including phenoxy) is 1. The van der Waals surface area contributed by atoms with Crippen molar-refractivity contribution in [2.45, 2.75) is 6.54 Å². The van der Waals surface area contributed by atoms with Crippen molar-refractivity contribution in [3.8, 4) is 5.06 Å². The highest BCUT2D eigenvalue weighted by molar-refractivity contribution is 14.1. The second-order valence-corrected chi connectivity index (χ2v) is 5.55. The molecule has 1 aromatic carbocycles. The normalized spacial score (nSPS) is 10.1. The van der Waals surface area contributed by atoms with E-state index < -0.39 is 0 Å². The third-order valence-electron chi connectivity index (χ3n) is 2.17. The second-order valence-electron chi connectivity index (χ2n) is 3.26. The molecule has 84 valence electrons. The molecular weight excluding hydrogens is 333 g/mol. The van der Waals surface area contributed by atoms with Crippen LogP contribution in [0.25, 0.3) is 0 Å². The molecule has 1 aromatic heterocycles. The molecular formula is C12H12INOS. The number of hydrogen-bond acceptors (Lipinski definition) is 3. The minimum absolute atomic E-state index is 0.841. The lowest BCUT2D eigenvalue weighted by Crippen LogP contribution is -1.98. The van der Waals surface area contributed by atoms with Crippen LogP contribution in [-0.2, 0) is 6.54 Å². The molecule has 1 N–H and O–H groups in total. The van der Waals surface area contributed by atoms with E-state index in [2.05, 4.69) is 46.1 Å². The first-order chi connectivity index (χ1) is 7.79. The van der Waals surface area contributed by atoms with Crippen LogP contribution >= 0.6 is 33.9 Å². The van der Waals surface area contributed by atoms with Gasteiger partial charge in [0.1, 0.15) is 0 Å². The lowest BCUT2D eigenvalue weighted by Gasteiger charge is -2.06. The minimum Gasteiger partial charge on any atom is -0.487 e. The molecule has 0 spiro atoms. The summed E-state index contributed by atoms with van der Waals surface area (Å²) in [6.07, 6.45) is 0. The van der Waals surface area contributed by atoms with Crippen molar-refractivity contribution >= 4 is 39.6 Å². The zero-order valence-corrected chi connectivity index (χ0v) is 11.8. The van der Waals surface area contributed by atoms with Crippen molar-refractivity contribution in [2.75, 3.05) is 12.4 Å². The van der Waals surface area contributed by atoms with Crippen LogP contribution in [-0.4, -0.2) is 7.11 Å². The van der Waals surface area contributed by atoms with E-state index in [4.69, 9.17) is 4.74 Å². The fourth-order valence-corrected chi connectivity index (χ4v) is 2.69. The molecule has 0 bridgehead atoms. The largest absolute Gasteiger partial charge is 0.487 e. The van der Waals surface area contributed by atoms with Crippen LogP contribution in [0.1, 0.15) is 4.88 Å². The van der Waals surface area contributed by atoms with Crippen LogP contribution in [0.4, 0.5) is 5.69 Å². The predicted molar refractivity (Wildman–Crippen MR) is 77.4 cm³/mol. The Kier molecular flexibility index (Phi) is 4.06. The number of para-hydroxylation sites is 1. The second kappa shape index (κ2) is 5.54. The number of hydrogen-bond donors (Lipinski definition) is 1. The highest BCUT2D eigenvalue weighted by Gasteiger charge is 2.01. The fourth-order valence-electron chi connectivity index (χ4n) is 1.35. The first kappa shape index (κ1) is 11.7. The van der Waals surface area contributed by atoms with Gasteiger partial charge in [-0.15, -0.1) is 11.3 Å². The summed E-state index contributed by atoms with van der Waals surface area (Å²) < 4.78 is 6.40. The van der Waals surface area contributed by atoms with Gasteiger partial charge >= 0.3 is 0 Å². The number of nitrogens with one attached hydrogen (secondary N) is 1. The molecule has 0 saturated heterocycles. The lowest BCUT2D eigenvalue weighted by atomic mass is 10.3. The molecule has 0 saturated carbocycles. The van der Waals surface area contributed by atoms with Gasteiger partial charge < -0.3 is 10.1 Å². The summed E-state index contributed by atoms with van der Waals surface area (Å²) in [5.74, 6) is 0. The number of halogens is 1. The Labute approximate surface area is 113 Å². The zero-order chi connectivity index (χ0) is 11.4. The van der Waals surface area contributed by atoms with E-state index in [1.165, 1.54) is 14.1 Å². The number of thiophene rings is 1. The van der Waals surface area contributed by atoms with Crippen LogP contribution < -0.4 is 10.1 Å². The smallest absolute Gasteiger partial charge is 0.173 e. The Balaban J connectivity index is 1.99. The molecule has 0 amide bonds.